The van der Waals surface area contributed by atoms with E-state index >= 15 is 0 Å². The van der Waals surface area contributed by atoms with Crippen molar-refractivity contribution in [3.05, 3.63) is 64.2 Å². The Kier molecular flexibility index (Phi) is 7.20. The highest BCUT2D eigenvalue weighted by Gasteiger charge is 2.40. The van der Waals surface area contributed by atoms with Crippen LogP contribution in [0.15, 0.2) is 36.5 Å². The molecule has 3 atom stereocenters. The molecule has 36 heavy (non-hydrogen) atoms. The monoisotopic (exact) mass is 513 g/mol. The zero-order valence-electron chi connectivity index (χ0n) is 19.9. The molecule has 1 saturated carbocycles. The maximum absolute atomic E-state index is 14.7. The van der Waals surface area contributed by atoms with E-state index in [1.165, 1.54) is 12.3 Å². The maximum Gasteiger partial charge on any atom is 0.256 e. The number of fused-ring (bicyclic) bond motifs is 1. The Morgan fingerprint density at radius 2 is 1.75 bits per heavy atom. The Bertz CT molecular complexity index is 1150. The zero-order valence-corrected chi connectivity index (χ0v) is 20.6. The lowest BCUT2D eigenvalue weighted by molar-refractivity contribution is -0.133. The maximum atomic E-state index is 14.7. The van der Waals surface area contributed by atoms with E-state index in [-0.39, 0.29) is 41.2 Å². The van der Waals surface area contributed by atoms with Crippen molar-refractivity contribution < 1.29 is 18.8 Å². The van der Waals surface area contributed by atoms with E-state index in [4.69, 9.17) is 11.6 Å². The molecule has 3 unspecified atom stereocenters. The summed E-state index contributed by atoms with van der Waals surface area (Å²) < 4.78 is 14.7. The van der Waals surface area contributed by atoms with E-state index in [9.17, 15) is 18.8 Å². The molecule has 10 heteroatoms. The smallest absolute Gasteiger partial charge is 0.256 e. The molecule has 3 fully saturated rings. The molecule has 2 aromatic rings. The summed E-state index contributed by atoms with van der Waals surface area (Å²) in [5, 5.41) is 0.314. The van der Waals surface area contributed by atoms with Crippen molar-refractivity contribution >= 4 is 29.3 Å². The van der Waals surface area contributed by atoms with Gasteiger partial charge in [0, 0.05) is 44.3 Å². The first kappa shape index (κ1) is 24.6. The summed E-state index contributed by atoms with van der Waals surface area (Å²) in [6.45, 7) is 1.33. The third-order valence-electron chi connectivity index (χ3n) is 7.60. The molecule has 1 aromatic carbocycles. The number of piperazine rings is 1. The number of carbonyl (C=O) groups is 3. The van der Waals surface area contributed by atoms with Crippen LogP contribution < -0.4 is 10.9 Å². The normalized spacial score (nSPS) is 24.2. The first-order valence-electron chi connectivity index (χ1n) is 12.4. The van der Waals surface area contributed by atoms with Gasteiger partial charge in [0.2, 0.25) is 5.91 Å². The van der Waals surface area contributed by atoms with Crippen molar-refractivity contribution in [2.24, 2.45) is 11.8 Å². The number of rotatable bonds is 4. The van der Waals surface area contributed by atoms with E-state index in [0.29, 0.717) is 43.3 Å². The van der Waals surface area contributed by atoms with Gasteiger partial charge in [-0.25, -0.2) is 14.8 Å². The second-order valence-corrected chi connectivity index (χ2v) is 10.2. The SMILES string of the molecule is O=C1NNC(Cc2ccc(F)c(C(=O)N3CCN(C(=O)c4ccc(Cl)nc4)CC3)c2)C2CCCCC12. The van der Waals surface area contributed by atoms with Crippen molar-refractivity contribution in [3.63, 3.8) is 0 Å². The molecule has 1 aliphatic carbocycles. The summed E-state index contributed by atoms with van der Waals surface area (Å²) in [6.07, 6.45) is 6.07. The first-order chi connectivity index (χ1) is 17.4. The fourth-order valence-corrected chi connectivity index (χ4v) is 5.73. The van der Waals surface area contributed by atoms with E-state index in [2.05, 4.69) is 15.8 Å². The molecule has 3 heterocycles. The van der Waals surface area contributed by atoms with Crippen LogP contribution in [0, 0.1) is 17.7 Å². The Labute approximate surface area is 214 Å². The van der Waals surface area contributed by atoms with Crippen LogP contribution in [0.3, 0.4) is 0 Å². The van der Waals surface area contributed by atoms with Gasteiger partial charge in [-0.1, -0.05) is 30.5 Å². The third-order valence-corrected chi connectivity index (χ3v) is 7.82. The molecular formula is C26H29ClFN5O3. The summed E-state index contributed by atoms with van der Waals surface area (Å²) >= 11 is 5.80. The second kappa shape index (κ2) is 10.5. The van der Waals surface area contributed by atoms with E-state index in [0.717, 1.165) is 31.2 Å². The summed E-state index contributed by atoms with van der Waals surface area (Å²) in [5.41, 5.74) is 7.26. The molecule has 5 rings (SSSR count). The number of amides is 3. The summed E-state index contributed by atoms with van der Waals surface area (Å²) in [7, 11) is 0. The average Bonchev–Trinajstić information content (AvgIpc) is 2.91. The van der Waals surface area contributed by atoms with Gasteiger partial charge in [0.25, 0.3) is 11.8 Å². The lowest BCUT2D eigenvalue weighted by Crippen LogP contribution is -2.60. The van der Waals surface area contributed by atoms with Crippen LogP contribution in [0.25, 0.3) is 0 Å². The number of hydrogen-bond acceptors (Lipinski definition) is 5. The standard InChI is InChI=1S/C26H29ClFN5O3/c27-23-8-6-17(15-29-23)25(35)32-9-11-33(12-10-32)26(36)20-13-16(5-7-21(20)28)14-22-18-3-1-2-4-19(18)24(34)31-30-22/h5-8,13,15,18-19,22,30H,1-4,9-12,14H2,(H,31,34). The molecule has 0 radical (unpaired) electrons. The number of hydrogen-bond donors (Lipinski definition) is 2. The van der Waals surface area contributed by atoms with Gasteiger partial charge < -0.3 is 9.80 Å². The van der Waals surface area contributed by atoms with Gasteiger partial charge in [-0.15, -0.1) is 0 Å². The van der Waals surface area contributed by atoms with Gasteiger partial charge in [-0.3, -0.25) is 19.8 Å². The third kappa shape index (κ3) is 5.08. The van der Waals surface area contributed by atoms with Gasteiger partial charge in [-0.2, -0.15) is 0 Å². The van der Waals surface area contributed by atoms with Crippen LogP contribution in [0.5, 0.6) is 0 Å². The summed E-state index contributed by atoms with van der Waals surface area (Å²) in [5.74, 6) is -0.819. The zero-order chi connectivity index (χ0) is 25.2. The average molecular weight is 514 g/mol. The minimum absolute atomic E-state index is 0.00853. The van der Waals surface area contributed by atoms with E-state index < -0.39 is 5.82 Å². The van der Waals surface area contributed by atoms with Gasteiger partial charge in [0.15, 0.2) is 0 Å². The molecule has 0 bridgehead atoms. The molecule has 3 amide bonds. The molecule has 1 aromatic heterocycles. The second-order valence-electron chi connectivity index (χ2n) is 9.77. The Hall–Kier alpha value is -3.04. The lowest BCUT2D eigenvalue weighted by atomic mass is 9.72. The highest BCUT2D eigenvalue weighted by Crippen LogP contribution is 2.35. The predicted octanol–water partition coefficient (Wildman–Crippen LogP) is 2.82. The number of benzene rings is 1. The predicted molar refractivity (Wildman–Crippen MR) is 132 cm³/mol. The number of nitrogens with zero attached hydrogens (tertiary/aromatic N) is 3. The van der Waals surface area contributed by atoms with Crippen molar-refractivity contribution in [3.8, 4) is 0 Å². The lowest BCUT2D eigenvalue weighted by Gasteiger charge is -2.41. The molecule has 8 nitrogen and oxygen atoms in total. The minimum atomic E-state index is -0.560. The Morgan fingerprint density at radius 3 is 2.47 bits per heavy atom. The van der Waals surface area contributed by atoms with Crippen molar-refractivity contribution in [2.75, 3.05) is 26.2 Å². The number of aromatic nitrogens is 1. The quantitative estimate of drug-likeness (QED) is 0.613. The van der Waals surface area contributed by atoms with Crippen LogP contribution >= 0.6 is 11.6 Å². The van der Waals surface area contributed by atoms with Crippen molar-refractivity contribution in [1.29, 1.82) is 0 Å². The van der Waals surface area contributed by atoms with Gasteiger partial charge in [0.05, 0.1) is 11.1 Å². The molecule has 3 aliphatic rings. The highest BCUT2D eigenvalue weighted by atomic mass is 35.5. The Morgan fingerprint density at radius 1 is 1.03 bits per heavy atom. The largest absolute Gasteiger partial charge is 0.335 e. The van der Waals surface area contributed by atoms with Crippen molar-refractivity contribution in [1.82, 2.24) is 25.6 Å². The van der Waals surface area contributed by atoms with Gasteiger partial charge in [0.1, 0.15) is 11.0 Å². The minimum Gasteiger partial charge on any atom is -0.335 e. The van der Waals surface area contributed by atoms with Crippen LogP contribution in [0.2, 0.25) is 5.15 Å². The number of hydrazine groups is 1. The topological polar surface area (TPSA) is 94.6 Å². The van der Waals surface area contributed by atoms with Crippen molar-refractivity contribution in [2.45, 2.75) is 38.1 Å². The fraction of sp³-hybridized carbons (Fsp3) is 0.462. The number of halogens is 2. The molecule has 0 spiro atoms. The summed E-state index contributed by atoms with van der Waals surface area (Å²) in [4.78, 5) is 45.4. The highest BCUT2D eigenvalue weighted by molar-refractivity contribution is 6.29. The number of carbonyl (C=O) groups excluding carboxylic acids is 3. The van der Waals surface area contributed by atoms with E-state index in [1.807, 2.05) is 0 Å². The summed E-state index contributed by atoms with van der Waals surface area (Å²) in [6, 6.07) is 7.91. The van der Waals surface area contributed by atoms with E-state index in [1.54, 1.807) is 34.1 Å². The molecule has 2 aliphatic heterocycles. The molecular weight excluding hydrogens is 485 g/mol. The fourth-order valence-electron chi connectivity index (χ4n) is 5.62. The Balaban J connectivity index is 1.23. The van der Waals surface area contributed by atoms with Gasteiger partial charge >= 0.3 is 0 Å². The van der Waals surface area contributed by atoms with Crippen LogP contribution in [-0.4, -0.2) is 64.7 Å². The molecule has 190 valence electrons. The van der Waals surface area contributed by atoms with Gasteiger partial charge in [-0.05, 0) is 55.0 Å². The van der Waals surface area contributed by atoms with Crippen LogP contribution in [0.1, 0.15) is 52.0 Å². The van der Waals surface area contributed by atoms with Crippen LogP contribution in [0.4, 0.5) is 4.39 Å². The molecule has 2 N–H and O–H groups in total. The number of nitrogens with one attached hydrogen (secondary N) is 2. The molecule has 2 saturated heterocycles. The number of pyridine rings is 1. The van der Waals surface area contributed by atoms with Crippen LogP contribution in [-0.2, 0) is 11.2 Å². The first-order valence-corrected chi connectivity index (χ1v) is 12.8.